The van der Waals surface area contributed by atoms with E-state index < -0.39 is 32.7 Å². The summed E-state index contributed by atoms with van der Waals surface area (Å²) in [7, 11) is -3.37. The molecule has 3 rings (SSSR count). The molecule has 33 heavy (non-hydrogen) atoms. The largest absolute Gasteiger partial charge is 0.369 e. The smallest absolute Gasteiger partial charge is 0.322 e. The number of halogens is 2. The average molecular weight is 519 g/mol. The number of hydrogen-bond acceptors (Lipinski definition) is 7. The van der Waals surface area contributed by atoms with Gasteiger partial charge in [0.1, 0.15) is 21.7 Å². The maximum Gasteiger partial charge on any atom is 0.322 e. The zero-order valence-corrected chi connectivity index (χ0v) is 20.9. The number of benzene rings is 1. The van der Waals surface area contributed by atoms with E-state index in [1.807, 2.05) is 12.1 Å². The highest BCUT2D eigenvalue weighted by molar-refractivity contribution is 7.90. The highest BCUT2D eigenvalue weighted by Gasteiger charge is 2.50. The number of nitrogens with zero attached hydrogens (tertiary/aromatic N) is 2. The van der Waals surface area contributed by atoms with E-state index in [0.717, 1.165) is 18.2 Å². The Labute approximate surface area is 203 Å². The topological polar surface area (TPSA) is 116 Å². The molecule has 0 aliphatic carbocycles. The Kier molecular flexibility index (Phi) is 7.62. The van der Waals surface area contributed by atoms with E-state index in [-0.39, 0.29) is 18.6 Å². The molecule has 2 fully saturated rings. The third-order valence-corrected chi connectivity index (χ3v) is 7.46. The van der Waals surface area contributed by atoms with Gasteiger partial charge in [-0.3, -0.25) is 15.0 Å². The van der Waals surface area contributed by atoms with Crippen molar-refractivity contribution >= 4 is 57.0 Å². The third-order valence-electron chi connectivity index (χ3n) is 6.07. The molecular weight excluding hydrogens is 491 g/mol. The van der Waals surface area contributed by atoms with Crippen LogP contribution in [0.1, 0.15) is 19.8 Å². The van der Waals surface area contributed by atoms with Crippen molar-refractivity contribution in [2.24, 2.45) is 5.41 Å². The second kappa shape index (κ2) is 9.77. The van der Waals surface area contributed by atoms with Crippen LogP contribution in [-0.2, 0) is 19.4 Å². The lowest BCUT2D eigenvalue weighted by Gasteiger charge is -2.41. The molecule has 2 saturated heterocycles. The Balaban J connectivity index is 1.69. The van der Waals surface area contributed by atoms with Crippen molar-refractivity contribution in [3.8, 4) is 0 Å². The Bertz CT molecular complexity index is 1020. The molecule has 2 atom stereocenters. The van der Waals surface area contributed by atoms with E-state index >= 15 is 0 Å². The van der Waals surface area contributed by atoms with Crippen LogP contribution in [0, 0.1) is 5.41 Å². The van der Waals surface area contributed by atoms with Crippen LogP contribution >= 0.6 is 23.2 Å². The molecule has 1 aromatic carbocycles. The number of hydrogen-bond donors (Lipinski definition) is 2. The number of rotatable bonds is 9. The number of aldehydes is 1. The van der Waals surface area contributed by atoms with Gasteiger partial charge in [0.15, 0.2) is 0 Å². The normalized spacial score (nSPS) is 23.7. The maximum absolute atomic E-state index is 12.6. The summed E-state index contributed by atoms with van der Waals surface area (Å²) in [6.07, 6.45) is 1.76. The highest BCUT2D eigenvalue weighted by atomic mass is 35.5. The van der Waals surface area contributed by atoms with Crippen molar-refractivity contribution in [1.82, 2.24) is 15.5 Å². The highest BCUT2D eigenvalue weighted by Crippen LogP contribution is 2.33. The summed E-state index contributed by atoms with van der Waals surface area (Å²) in [6.45, 7) is 4.82. The van der Waals surface area contributed by atoms with Gasteiger partial charge in [-0.1, -0.05) is 30.1 Å². The molecule has 2 N–H and O–H groups in total. The minimum Gasteiger partial charge on any atom is -0.369 e. The molecule has 0 saturated carbocycles. The summed E-state index contributed by atoms with van der Waals surface area (Å²) in [6, 6.07) is 4.70. The zero-order chi connectivity index (χ0) is 24.4. The minimum absolute atomic E-state index is 0.000703. The van der Waals surface area contributed by atoms with E-state index in [4.69, 9.17) is 23.2 Å². The summed E-state index contributed by atoms with van der Waals surface area (Å²) in [5.41, 5.74) is -1.50. The fourth-order valence-corrected chi connectivity index (χ4v) is 5.73. The second-order valence-electron chi connectivity index (χ2n) is 9.21. The predicted octanol–water partition coefficient (Wildman–Crippen LogP) is 1.72. The minimum atomic E-state index is -3.37. The molecular formula is C21H28Cl2N4O5S. The number of imide groups is 1. The van der Waals surface area contributed by atoms with Crippen molar-refractivity contribution in [3.05, 3.63) is 28.2 Å². The van der Waals surface area contributed by atoms with E-state index in [0.29, 0.717) is 42.8 Å². The van der Waals surface area contributed by atoms with Crippen molar-refractivity contribution in [2.75, 3.05) is 49.6 Å². The molecule has 2 heterocycles. The van der Waals surface area contributed by atoms with E-state index in [1.165, 1.54) is 0 Å². The maximum atomic E-state index is 12.6. The Morgan fingerprint density at radius 1 is 1.12 bits per heavy atom. The third kappa shape index (κ3) is 6.59. The fraction of sp³-hybridized carbons (Fsp3) is 0.571. The molecule has 2 aliphatic rings. The van der Waals surface area contributed by atoms with Crippen molar-refractivity contribution in [1.29, 1.82) is 0 Å². The predicted molar refractivity (Wildman–Crippen MR) is 128 cm³/mol. The Morgan fingerprint density at radius 3 is 2.21 bits per heavy atom. The lowest BCUT2D eigenvalue weighted by atomic mass is 9.76. The Morgan fingerprint density at radius 2 is 1.73 bits per heavy atom. The summed E-state index contributed by atoms with van der Waals surface area (Å²) < 4.78 is 23.4. The number of carbonyl (C=O) groups is 3. The van der Waals surface area contributed by atoms with Crippen molar-refractivity contribution in [2.45, 2.75) is 25.3 Å². The molecule has 0 bridgehead atoms. The van der Waals surface area contributed by atoms with Crippen LogP contribution in [0.5, 0.6) is 0 Å². The van der Waals surface area contributed by atoms with Crippen LogP contribution in [0.4, 0.5) is 10.5 Å². The SMILES string of the molecule is CC(C=O)(CN1CCN(c2cc(Cl)cc(Cl)c2)CC1)CC1(CCS(C)(=O)=O)NC(=O)NC1=O. The number of urea groups is 1. The van der Waals surface area contributed by atoms with Gasteiger partial charge >= 0.3 is 6.03 Å². The van der Waals surface area contributed by atoms with Gasteiger partial charge in [0.25, 0.3) is 5.91 Å². The van der Waals surface area contributed by atoms with E-state index in [9.17, 15) is 22.8 Å². The van der Waals surface area contributed by atoms with Crippen molar-refractivity contribution in [3.63, 3.8) is 0 Å². The molecule has 2 unspecified atom stereocenters. The number of sulfone groups is 1. The lowest BCUT2D eigenvalue weighted by molar-refractivity contribution is -0.127. The Hall–Kier alpha value is -1.88. The number of amides is 3. The molecule has 0 spiro atoms. The average Bonchev–Trinajstić information content (AvgIpc) is 2.98. The first-order chi connectivity index (χ1) is 15.3. The van der Waals surface area contributed by atoms with Crippen LogP contribution in [0.15, 0.2) is 18.2 Å². The van der Waals surface area contributed by atoms with E-state index in [1.54, 1.807) is 13.0 Å². The molecule has 3 amide bonds. The molecule has 9 nitrogen and oxygen atoms in total. The van der Waals surface area contributed by atoms with Crippen molar-refractivity contribution < 1.29 is 22.8 Å². The molecule has 182 valence electrons. The van der Waals surface area contributed by atoms with Crippen LogP contribution in [0.25, 0.3) is 0 Å². The summed E-state index contributed by atoms with van der Waals surface area (Å²) in [5, 5.41) is 5.89. The molecule has 12 heteroatoms. The first kappa shape index (κ1) is 25.7. The summed E-state index contributed by atoms with van der Waals surface area (Å²) in [5.74, 6) is -0.886. The van der Waals surface area contributed by atoms with Crippen LogP contribution < -0.4 is 15.5 Å². The van der Waals surface area contributed by atoms with Gasteiger partial charge in [-0.2, -0.15) is 0 Å². The zero-order valence-electron chi connectivity index (χ0n) is 18.6. The van der Waals surface area contributed by atoms with Gasteiger partial charge in [0.2, 0.25) is 0 Å². The number of carbonyl (C=O) groups excluding carboxylic acids is 3. The van der Waals surface area contributed by atoms with Crippen LogP contribution in [0.2, 0.25) is 10.0 Å². The van der Waals surface area contributed by atoms with Gasteiger partial charge in [-0.15, -0.1) is 0 Å². The summed E-state index contributed by atoms with van der Waals surface area (Å²) >= 11 is 12.2. The fourth-order valence-electron chi connectivity index (χ4n) is 4.50. The quantitative estimate of drug-likeness (QED) is 0.377. The van der Waals surface area contributed by atoms with Crippen LogP contribution in [0.3, 0.4) is 0 Å². The van der Waals surface area contributed by atoms with Gasteiger partial charge in [0.05, 0.1) is 5.75 Å². The van der Waals surface area contributed by atoms with Gasteiger partial charge < -0.3 is 15.0 Å². The van der Waals surface area contributed by atoms with Gasteiger partial charge in [0, 0.05) is 60.1 Å². The number of nitrogens with one attached hydrogen (secondary N) is 2. The molecule has 0 aromatic heterocycles. The number of piperazine rings is 1. The monoisotopic (exact) mass is 518 g/mol. The second-order valence-corrected chi connectivity index (χ2v) is 12.3. The van der Waals surface area contributed by atoms with Gasteiger partial charge in [-0.05, 0) is 31.0 Å². The molecule has 1 aromatic rings. The number of anilines is 1. The lowest BCUT2D eigenvalue weighted by Crippen LogP contribution is -2.55. The van der Waals surface area contributed by atoms with Crippen LogP contribution in [-0.4, -0.2) is 81.8 Å². The standard InChI is InChI=1S/C21H28Cl2N4O5S/c1-20(14-28,12-21(3-8-33(2,31)32)18(29)24-19(30)25-21)13-26-4-6-27(7-5-26)17-10-15(22)9-16(23)11-17/h9-11,14H,3-8,12-13H2,1-2H3,(H2,24,25,29,30). The molecule has 0 radical (unpaired) electrons. The summed E-state index contributed by atoms with van der Waals surface area (Å²) in [4.78, 5) is 40.9. The van der Waals surface area contributed by atoms with Gasteiger partial charge in [-0.25, -0.2) is 13.2 Å². The van der Waals surface area contributed by atoms with E-state index in [2.05, 4.69) is 20.4 Å². The first-order valence-corrected chi connectivity index (χ1v) is 13.4. The first-order valence-electron chi connectivity index (χ1n) is 10.5. The molecule has 2 aliphatic heterocycles.